The number of ether oxygens (including phenoxy) is 2. The van der Waals surface area contributed by atoms with E-state index in [-0.39, 0.29) is 12.5 Å². The third-order valence-corrected chi connectivity index (χ3v) is 2.36. The molecule has 1 aromatic carbocycles. The molecule has 0 heterocycles. The molecule has 0 saturated carbocycles. The van der Waals surface area contributed by atoms with Gasteiger partial charge in [-0.2, -0.15) is 0 Å². The van der Waals surface area contributed by atoms with Crippen LogP contribution in [0.3, 0.4) is 0 Å². The van der Waals surface area contributed by atoms with E-state index < -0.39 is 0 Å². The first-order chi connectivity index (χ1) is 9.33. The molecule has 19 heavy (non-hydrogen) atoms. The number of carbonyl (C=O) groups excluding carboxylic acids is 1. The number of hydrogen-bond acceptors (Lipinski definition) is 4. The van der Waals surface area contributed by atoms with Gasteiger partial charge in [0.2, 0.25) is 5.91 Å². The van der Waals surface area contributed by atoms with Crippen LogP contribution in [0.15, 0.2) is 30.3 Å². The van der Waals surface area contributed by atoms with Crippen LogP contribution in [0.4, 0.5) is 0 Å². The number of carbonyl (C=O) groups is 1. The van der Waals surface area contributed by atoms with Gasteiger partial charge in [-0.3, -0.25) is 4.79 Å². The van der Waals surface area contributed by atoms with Crippen LogP contribution in [0.5, 0.6) is 5.75 Å². The predicted molar refractivity (Wildman–Crippen MR) is 72.1 cm³/mol. The monoisotopic (exact) mass is 267 g/mol. The van der Waals surface area contributed by atoms with Crippen LogP contribution in [0.2, 0.25) is 0 Å². The summed E-state index contributed by atoms with van der Waals surface area (Å²) in [6.45, 7) is 1.87. The van der Waals surface area contributed by atoms with Crippen molar-refractivity contribution in [2.45, 2.75) is 12.8 Å². The summed E-state index contributed by atoms with van der Waals surface area (Å²) in [5.41, 5.74) is 0. The average Bonchev–Trinajstić information content (AvgIpc) is 2.44. The number of amides is 1. The maximum absolute atomic E-state index is 11.5. The van der Waals surface area contributed by atoms with Gasteiger partial charge in [-0.05, 0) is 18.6 Å². The lowest BCUT2D eigenvalue weighted by Crippen LogP contribution is -2.26. The minimum atomic E-state index is -0.0295. The summed E-state index contributed by atoms with van der Waals surface area (Å²) >= 11 is 0. The van der Waals surface area contributed by atoms with Crippen LogP contribution in [0.25, 0.3) is 0 Å². The third kappa shape index (κ3) is 8.18. The molecule has 1 aromatic rings. The van der Waals surface area contributed by atoms with Crippen molar-refractivity contribution in [2.24, 2.45) is 0 Å². The highest BCUT2D eigenvalue weighted by Crippen LogP contribution is 2.08. The summed E-state index contributed by atoms with van der Waals surface area (Å²) in [6, 6.07) is 9.41. The highest BCUT2D eigenvalue weighted by atomic mass is 16.5. The highest BCUT2D eigenvalue weighted by Gasteiger charge is 2.01. The van der Waals surface area contributed by atoms with E-state index in [0.29, 0.717) is 32.8 Å². The Morgan fingerprint density at radius 2 is 1.95 bits per heavy atom. The van der Waals surface area contributed by atoms with Gasteiger partial charge in [0.25, 0.3) is 0 Å². The van der Waals surface area contributed by atoms with Gasteiger partial charge in [-0.15, -0.1) is 0 Å². The quantitative estimate of drug-likeness (QED) is 0.620. The molecule has 0 aliphatic heterocycles. The predicted octanol–water partition coefficient (Wildman–Crippen LogP) is 0.971. The summed E-state index contributed by atoms with van der Waals surface area (Å²) < 4.78 is 10.5. The Labute approximate surface area is 113 Å². The van der Waals surface area contributed by atoms with Crippen molar-refractivity contribution >= 4 is 5.91 Å². The fraction of sp³-hybridized carbons (Fsp3) is 0.500. The highest BCUT2D eigenvalue weighted by molar-refractivity contribution is 5.75. The van der Waals surface area contributed by atoms with Gasteiger partial charge in [0.05, 0.1) is 26.2 Å². The molecule has 2 N–H and O–H groups in total. The molecule has 1 rings (SSSR count). The van der Waals surface area contributed by atoms with Gasteiger partial charge in [-0.25, -0.2) is 0 Å². The maximum atomic E-state index is 11.5. The van der Waals surface area contributed by atoms with E-state index in [1.807, 2.05) is 30.3 Å². The number of hydrogen-bond donors (Lipinski definition) is 2. The topological polar surface area (TPSA) is 67.8 Å². The normalized spacial score (nSPS) is 10.2. The van der Waals surface area contributed by atoms with Gasteiger partial charge in [0.1, 0.15) is 5.75 Å². The van der Waals surface area contributed by atoms with E-state index >= 15 is 0 Å². The van der Waals surface area contributed by atoms with Gasteiger partial charge < -0.3 is 19.9 Å². The van der Waals surface area contributed by atoms with Crippen LogP contribution in [0.1, 0.15) is 12.8 Å². The first-order valence-corrected chi connectivity index (χ1v) is 6.46. The van der Waals surface area contributed by atoms with Crippen LogP contribution < -0.4 is 10.1 Å². The summed E-state index contributed by atoms with van der Waals surface area (Å²) in [5.74, 6) is 0.741. The van der Waals surface area contributed by atoms with E-state index in [0.717, 1.165) is 12.2 Å². The van der Waals surface area contributed by atoms with Crippen LogP contribution in [-0.2, 0) is 9.53 Å². The minimum absolute atomic E-state index is 0.0295. The standard InChI is InChI=1S/C14H21NO4/c16-9-12-18-10-4-8-15-14(17)7-11-19-13-5-2-1-3-6-13/h1-3,5-6,16H,4,7-12H2,(H,15,17). The number of nitrogens with one attached hydrogen (secondary N) is 1. The van der Waals surface area contributed by atoms with Crippen LogP contribution in [0, 0.1) is 0 Å². The molecule has 0 bridgehead atoms. The molecule has 5 nitrogen and oxygen atoms in total. The first-order valence-electron chi connectivity index (χ1n) is 6.46. The Balaban J connectivity index is 1.96. The first kappa shape index (κ1) is 15.5. The Morgan fingerprint density at radius 1 is 1.16 bits per heavy atom. The smallest absolute Gasteiger partial charge is 0.223 e. The lowest BCUT2D eigenvalue weighted by Gasteiger charge is -2.07. The van der Waals surface area contributed by atoms with E-state index in [2.05, 4.69) is 5.32 Å². The Hall–Kier alpha value is -1.59. The molecule has 0 aliphatic carbocycles. The van der Waals surface area contributed by atoms with Crippen molar-refractivity contribution in [3.63, 3.8) is 0 Å². The van der Waals surface area contributed by atoms with Crippen molar-refractivity contribution in [1.82, 2.24) is 5.32 Å². The summed E-state index contributed by atoms with van der Waals surface area (Å²) in [6.07, 6.45) is 1.08. The molecule has 0 unspecified atom stereocenters. The van der Waals surface area contributed by atoms with Gasteiger partial charge in [-0.1, -0.05) is 18.2 Å². The van der Waals surface area contributed by atoms with E-state index in [9.17, 15) is 4.79 Å². The van der Waals surface area contributed by atoms with Gasteiger partial charge >= 0.3 is 0 Å². The molecule has 0 spiro atoms. The average molecular weight is 267 g/mol. The largest absolute Gasteiger partial charge is 0.493 e. The second-order valence-electron chi connectivity index (χ2n) is 3.95. The number of para-hydroxylation sites is 1. The number of aliphatic hydroxyl groups excluding tert-OH is 1. The van der Waals surface area contributed by atoms with Crippen molar-refractivity contribution in [3.05, 3.63) is 30.3 Å². The molecule has 5 heteroatoms. The van der Waals surface area contributed by atoms with Crippen molar-refractivity contribution < 1.29 is 19.4 Å². The molecule has 0 fully saturated rings. The molecule has 0 aliphatic rings. The SMILES string of the molecule is O=C(CCOc1ccccc1)NCCCOCCO. The number of rotatable bonds is 10. The lowest BCUT2D eigenvalue weighted by atomic mass is 10.3. The van der Waals surface area contributed by atoms with E-state index in [1.54, 1.807) is 0 Å². The number of benzene rings is 1. The van der Waals surface area contributed by atoms with E-state index in [1.165, 1.54) is 0 Å². The number of aliphatic hydroxyl groups is 1. The molecule has 0 aromatic heterocycles. The lowest BCUT2D eigenvalue weighted by molar-refractivity contribution is -0.121. The van der Waals surface area contributed by atoms with E-state index in [4.69, 9.17) is 14.6 Å². The third-order valence-electron chi connectivity index (χ3n) is 2.36. The zero-order valence-corrected chi connectivity index (χ0v) is 11.0. The van der Waals surface area contributed by atoms with Crippen molar-refractivity contribution in [3.8, 4) is 5.75 Å². The van der Waals surface area contributed by atoms with Gasteiger partial charge in [0.15, 0.2) is 0 Å². The molecule has 106 valence electrons. The Kier molecular flexibility index (Phi) is 8.42. The molecule has 1 amide bonds. The zero-order valence-electron chi connectivity index (χ0n) is 11.0. The molecule has 0 radical (unpaired) electrons. The Morgan fingerprint density at radius 3 is 2.68 bits per heavy atom. The van der Waals surface area contributed by atoms with Crippen LogP contribution in [-0.4, -0.2) is 44.0 Å². The van der Waals surface area contributed by atoms with Crippen LogP contribution >= 0.6 is 0 Å². The second-order valence-corrected chi connectivity index (χ2v) is 3.95. The summed E-state index contributed by atoms with van der Waals surface area (Å²) in [5, 5.41) is 11.3. The van der Waals surface area contributed by atoms with Crippen molar-refractivity contribution in [1.29, 1.82) is 0 Å². The minimum Gasteiger partial charge on any atom is -0.493 e. The summed E-state index contributed by atoms with van der Waals surface area (Å²) in [7, 11) is 0. The molecule has 0 saturated heterocycles. The zero-order chi connectivity index (χ0) is 13.8. The maximum Gasteiger partial charge on any atom is 0.223 e. The second kappa shape index (κ2) is 10.3. The molecular formula is C14H21NO4. The fourth-order valence-electron chi connectivity index (χ4n) is 1.44. The Bertz CT molecular complexity index is 343. The molecular weight excluding hydrogens is 246 g/mol. The van der Waals surface area contributed by atoms with Crippen molar-refractivity contribution in [2.75, 3.05) is 33.0 Å². The fourth-order valence-corrected chi connectivity index (χ4v) is 1.44. The summed E-state index contributed by atoms with van der Waals surface area (Å²) in [4.78, 5) is 11.5. The molecule has 0 atom stereocenters. The van der Waals surface area contributed by atoms with Gasteiger partial charge in [0, 0.05) is 13.2 Å².